The molecule has 12 heavy (non-hydrogen) atoms. The summed E-state index contributed by atoms with van der Waals surface area (Å²) in [6.07, 6.45) is 0. The van der Waals surface area contributed by atoms with Gasteiger partial charge in [-0.2, -0.15) is 0 Å². The number of rotatable bonds is 2. The predicted molar refractivity (Wildman–Crippen MR) is 34.4 cm³/mol. The molecule has 0 aliphatic carbocycles. The zero-order chi connectivity index (χ0) is 9.14. The van der Waals surface area contributed by atoms with Crippen LogP contribution in [0.5, 0.6) is 0 Å². The van der Waals surface area contributed by atoms with Gasteiger partial charge in [-0.3, -0.25) is 0 Å². The quantitative estimate of drug-likeness (QED) is 0.554. The number of carboxylic acid groups (broad SMARTS) is 1. The van der Waals surface area contributed by atoms with Gasteiger partial charge < -0.3 is 19.1 Å². The Balaban J connectivity index is 2.91. The number of carbonyl (C=O) groups excluding carboxylic acids is 2. The topological polar surface area (TPSA) is 79.6 Å². The van der Waals surface area contributed by atoms with Gasteiger partial charge in [0.25, 0.3) is 0 Å². The number of carbonyl (C=O) groups is 2. The van der Waals surface area contributed by atoms with E-state index in [9.17, 15) is 14.7 Å². The molecule has 1 heterocycles. The summed E-state index contributed by atoms with van der Waals surface area (Å²) < 4.78 is 8.84. The normalized spacial score (nSPS) is 9.42. The molecule has 5 heteroatoms. The van der Waals surface area contributed by atoms with Crippen LogP contribution < -0.4 is 5.11 Å². The van der Waals surface area contributed by atoms with E-state index in [4.69, 9.17) is 0 Å². The maximum Gasteiger partial charge on any atom is 0.373 e. The first kappa shape index (κ1) is 8.32. The van der Waals surface area contributed by atoms with Crippen LogP contribution in [-0.4, -0.2) is 19.0 Å². The molecule has 0 saturated heterocycles. The number of carboxylic acids is 1. The van der Waals surface area contributed by atoms with E-state index in [0.717, 1.165) is 6.07 Å². The lowest BCUT2D eigenvalue weighted by Crippen LogP contribution is -2.21. The summed E-state index contributed by atoms with van der Waals surface area (Å²) >= 11 is 0. The van der Waals surface area contributed by atoms with Crippen LogP contribution in [0.4, 0.5) is 0 Å². The van der Waals surface area contributed by atoms with Crippen molar-refractivity contribution in [2.24, 2.45) is 0 Å². The van der Waals surface area contributed by atoms with Crippen LogP contribution in [0.2, 0.25) is 0 Å². The fourth-order valence-corrected chi connectivity index (χ4v) is 0.658. The third kappa shape index (κ3) is 1.45. The van der Waals surface area contributed by atoms with E-state index in [1.165, 1.54) is 13.2 Å². The number of methoxy groups -OCH3 is 1. The fourth-order valence-electron chi connectivity index (χ4n) is 0.658. The van der Waals surface area contributed by atoms with Gasteiger partial charge in [0, 0.05) is 0 Å². The molecule has 0 radical (unpaired) electrons. The summed E-state index contributed by atoms with van der Waals surface area (Å²) in [7, 11) is 1.17. The molecule has 0 aliphatic heterocycles. The lowest BCUT2D eigenvalue weighted by atomic mass is 10.4. The van der Waals surface area contributed by atoms with Crippen LogP contribution >= 0.6 is 0 Å². The number of hydrogen-bond acceptors (Lipinski definition) is 5. The summed E-state index contributed by atoms with van der Waals surface area (Å²) in [5.41, 5.74) is 0. The van der Waals surface area contributed by atoms with Crippen LogP contribution in [0.15, 0.2) is 16.5 Å². The van der Waals surface area contributed by atoms with E-state index in [1.807, 2.05) is 0 Å². The Morgan fingerprint density at radius 3 is 2.42 bits per heavy atom. The highest BCUT2D eigenvalue weighted by molar-refractivity contribution is 5.89. The number of hydrogen-bond donors (Lipinski definition) is 0. The fraction of sp³-hybridized carbons (Fsp3) is 0.143. The highest BCUT2D eigenvalue weighted by Gasteiger charge is 2.10. The molecule has 0 aliphatic rings. The summed E-state index contributed by atoms with van der Waals surface area (Å²) in [4.78, 5) is 20.9. The Hall–Kier alpha value is -1.78. The van der Waals surface area contributed by atoms with Crippen molar-refractivity contribution in [2.75, 3.05) is 7.11 Å². The molecule has 0 N–H and O–H groups in total. The monoisotopic (exact) mass is 169 g/mol. The lowest BCUT2D eigenvalue weighted by molar-refractivity contribution is -0.257. The molecule has 5 nitrogen and oxygen atoms in total. The van der Waals surface area contributed by atoms with Crippen molar-refractivity contribution >= 4 is 11.9 Å². The second-order valence-corrected chi connectivity index (χ2v) is 1.94. The minimum atomic E-state index is -1.47. The first-order chi connectivity index (χ1) is 5.65. The van der Waals surface area contributed by atoms with Crippen molar-refractivity contribution in [3.63, 3.8) is 0 Å². The molecule has 0 spiro atoms. The van der Waals surface area contributed by atoms with Gasteiger partial charge in [-0.1, -0.05) is 0 Å². The largest absolute Gasteiger partial charge is 0.542 e. The Labute approximate surface area is 67.6 Å². The number of ether oxygens (including phenoxy) is 1. The van der Waals surface area contributed by atoms with Crippen molar-refractivity contribution in [3.8, 4) is 0 Å². The van der Waals surface area contributed by atoms with Crippen LogP contribution in [0.3, 0.4) is 0 Å². The molecule has 64 valence electrons. The van der Waals surface area contributed by atoms with Gasteiger partial charge in [0.15, 0.2) is 5.76 Å². The van der Waals surface area contributed by atoms with Crippen LogP contribution in [-0.2, 0) is 4.74 Å². The minimum absolute atomic E-state index is 0.156. The zero-order valence-electron chi connectivity index (χ0n) is 6.20. The molecule has 0 fully saturated rings. The second-order valence-electron chi connectivity index (χ2n) is 1.94. The second kappa shape index (κ2) is 3.08. The van der Waals surface area contributed by atoms with Gasteiger partial charge >= 0.3 is 5.97 Å². The molecular weight excluding hydrogens is 164 g/mol. The zero-order valence-corrected chi connectivity index (χ0v) is 6.20. The average Bonchev–Trinajstić information content (AvgIpc) is 2.51. The van der Waals surface area contributed by atoms with Crippen molar-refractivity contribution in [1.29, 1.82) is 0 Å². The van der Waals surface area contributed by atoms with Gasteiger partial charge in [0.2, 0.25) is 5.76 Å². The van der Waals surface area contributed by atoms with E-state index < -0.39 is 17.7 Å². The third-order valence-corrected chi connectivity index (χ3v) is 1.19. The molecule has 0 amide bonds. The van der Waals surface area contributed by atoms with Gasteiger partial charge in [0.1, 0.15) is 5.97 Å². The minimum Gasteiger partial charge on any atom is -0.542 e. The van der Waals surface area contributed by atoms with Gasteiger partial charge in [0.05, 0.1) is 7.11 Å². The smallest absolute Gasteiger partial charge is 0.373 e. The molecule has 0 bridgehead atoms. The summed E-state index contributed by atoms with van der Waals surface area (Å²) in [6, 6.07) is 2.33. The van der Waals surface area contributed by atoms with Gasteiger partial charge in [-0.15, -0.1) is 0 Å². The van der Waals surface area contributed by atoms with E-state index in [0.29, 0.717) is 0 Å². The lowest BCUT2D eigenvalue weighted by Gasteiger charge is -1.95. The molecule has 1 aromatic rings. The van der Waals surface area contributed by atoms with E-state index in [-0.39, 0.29) is 5.76 Å². The van der Waals surface area contributed by atoms with E-state index >= 15 is 0 Å². The first-order valence-electron chi connectivity index (χ1n) is 3.04. The number of aromatic carboxylic acids is 1. The Kier molecular flexibility index (Phi) is 2.14. The summed E-state index contributed by atoms with van der Waals surface area (Å²) in [6.45, 7) is 0. The Bertz CT molecular complexity index is 311. The molecule has 0 saturated carbocycles. The molecule has 0 atom stereocenters. The standard InChI is InChI=1S/C7H6O5/c1-11-7(10)5-3-2-4(12-5)6(8)9/h2-3H,1H3,(H,8,9)/p-1. The summed E-state index contributed by atoms with van der Waals surface area (Å²) in [5.74, 6) is -2.74. The van der Waals surface area contributed by atoms with Crippen molar-refractivity contribution in [1.82, 2.24) is 0 Å². The van der Waals surface area contributed by atoms with Crippen molar-refractivity contribution in [2.45, 2.75) is 0 Å². The first-order valence-corrected chi connectivity index (χ1v) is 3.04. The van der Waals surface area contributed by atoms with Crippen molar-refractivity contribution < 1.29 is 23.8 Å². The molecule has 0 unspecified atom stereocenters. The maximum atomic E-state index is 10.7. The Morgan fingerprint density at radius 2 is 2.00 bits per heavy atom. The van der Waals surface area contributed by atoms with Crippen LogP contribution in [0.25, 0.3) is 0 Å². The van der Waals surface area contributed by atoms with Gasteiger partial charge in [-0.05, 0) is 12.1 Å². The van der Waals surface area contributed by atoms with Crippen molar-refractivity contribution in [3.05, 3.63) is 23.7 Å². The highest BCUT2D eigenvalue weighted by atomic mass is 16.5. The highest BCUT2D eigenvalue weighted by Crippen LogP contribution is 2.07. The molecule has 1 rings (SSSR count). The van der Waals surface area contributed by atoms with Crippen LogP contribution in [0, 0.1) is 0 Å². The van der Waals surface area contributed by atoms with Crippen LogP contribution in [0.1, 0.15) is 21.1 Å². The van der Waals surface area contributed by atoms with E-state index in [2.05, 4.69) is 9.15 Å². The maximum absolute atomic E-state index is 10.7. The molecule has 0 aromatic carbocycles. The summed E-state index contributed by atoms with van der Waals surface area (Å²) in [5, 5.41) is 10.2. The SMILES string of the molecule is COC(=O)c1ccc(C(=O)[O-])o1. The Morgan fingerprint density at radius 1 is 1.42 bits per heavy atom. The van der Waals surface area contributed by atoms with Gasteiger partial charge in [-0.25, -0.2) is 4.79 Å². The van der Waals surface area contributed by atoms with E-state index in [1.54, 1.807) is 0 Å². The third-order valence-electron chi connectivity index (χ3n) is 1.19. The average molecular weight is 169 g/mol. The number of esters is 1. The predicted octanol–water partition coefficient (Wildman–Crippen LogP) is -0.570. The molecule has 1 aromatic heterocycles. The number of furan rings is 1. The molecular formula is C7H5O5-.